The Kier molecular flexibility index (Phi) is 6.39. The molecule has 0 heterocycles. The van der Waals surface area contributed by atoms with Crippen LogP contribution in [-0.2, 0) is 10.8 Å². The molecule has 0 amide bonds. The van der Waals surface area contributed by atoms with Gasteiger partial charge in [-0.1, -0.05) is 200 Å². The smallest absolute Gasteiger partial charge is 0.0622 e. The molecule has 268 valence electrons. The van der Waals surface area contributed by atoms with Gasteiger partial charge in [0.1, 0.15) is 0 Å². The van der Waals surface area contributed by atoms with E-state index in [1.807, 2.05) is 0 Å². The molecule has 10 aromatic carbocycles. The fourth-order valence-electron chi connectivity index (χ4n) is 11.6. The minimum Gasteiger partial charge on any atom is -0.0622 e. The normalized spacial score (nSPS) is 14.5. The molecule has 0 saturated heterocycles. The van der Waals surface area contributed by atoms with Crippen LogP contribution in [0.4, 0.5) is 0 Å². The molecule has 0 nitrogen and oxygen atoms in total. The summed E-state index contributed by atoms with van der Waals surface area (Å²) < 4.78 is 0. The van der Waals surface area contributed by atoms with E-state index in [1.54, 1.807) is 0 Å². The van der Waals surface area contributed by atoms with E-state index < -0.39 is 10.8 Å². The van der Waals surface area contributed by atoms with E-state index in [2.05, 4.69) is 218 Å². The molecular weight excluding hydrogens is 697 g/mol. The van der Waals surface area contributed by atoms with Crippen molar-refractivity contribution >= 4 is 21.5 Å². The van der Waals surface area contributed by atoms with Gasteiger partial charge in [-0.3, -0.25) is 0 Å². The average Bonchev–Trinajstić information content (AvgIpc) is 3.90. The second kappa shape index (κ2) is 11.6. The van der Waals surface area contributed by atoms with Crippen LogP contribution in [0.3, 0.4) is 0 Å². The largest absolute Gasteiger partial charge is 0.0714 e. The van der Waals surface area contributed by atoms with Gasteiger partial charge in [-0.2, -0.15) is 0 Å². The van der Waals surface area contributed by atoms with Crippen LogP contribution < -0.4 is 0 Å². The Bertz CT molecular complexity index is 3220. The third-order valence-corrected chi connectivity index (χ3v) is 13.7. The van der Waals surface area contributed by atoms with Crippen molar-refractivity contribution in [1.29, 1.82) is 0 Å². The summed E-state index contributed by atoms with van der Waals surface area (Å²) in [6, 6.07) is 82.6. The van der Waals surface area contributed by atoms with Crippen LogP contribution in [0.1, 0.15) is 44.5 Å². The van der Waals surface area contributed by atoms with Gasteiger partial charge in [0.25, 0.3) is 0 Å². The second-order valence-corrected chi connectivity index (χ2v) is 16.2. The van der Waals surface area contributed by atoms with Crippen LogP contribution in [0, 0.1) is 0 Å². The Balaban J connectivity index is 1.27. The summed E-state index contributed by atoms with van der Waals surface area (Å²) in [6.07, 6.45) is 0. The van der Waals surface area contributed by atoms with Crippen LogP contribution >= 0.6 is 0 Å². The molecule has 13 rings (SSSR count). The van der Waals surface area contributed by atoms with Crippen LogP contribution in [0.2, 0.25) is 0 Å². The molecule has 3 aliphatic carbocycles. The summed E-state index contributed by atoms with van der Waals surface area (Å²) in [4.78, 5) is 0. The Morgan fingerprint density at radius 2 is 0.655 bits per heavy atom. The lowest BCUT2D eigenvalue weighted by atomic mass is 9.66. The van der Waals surface area contributed by atoms with Crippen LogP contribution in [0.15, 0.2) is 218 Å². The predicted molar refractivity (Wildman–Crippen MR) is 240 cm³/mol. The first-order chi connectivity index (χ1) is 28.8. The summed E-state index contributed by atoms with van der Waals surface area (Å²) >= 11 is 0. The summed E-state index contributed by atoms with van der Waals surface area (Å²) in [5.41, 5.74) is 20.0. The Morgan fingerprint density at radius 1 is 0.241 bits per heavy atom. The highest BCUT2D eigenvalue weighted by Crippen LogP contribution is 2.65. The molecule has 0 N–H and O–H groups in total. The Hall–Kier alpha value is -7.28. The van der Waals surface area contributed by atoms with Gasteiger partial charge in [0.15, 0.2) is 0 Å². The molecule has 0 radical (unpaired) electrons. The highest BCUT2D eigenvalue weighted by molar-refractivity contribution is 6.21. The van der Waals surface area contributed by atoms with Crippen molar-refractivity contribution in [3.8, 4) is 44.5 Å². The maximum absolute atomic E-state index is 2.63. The number of fused-ring (bicyclic) bond motifs is 12. The van der Waals surface area contributed by atoms with E-state index in [4.69, 9.17) is 0 Å². The van der Waals surface area contributed by atoms with Gasteiger partial charge in [0.05, 0.1) is 10.8 Å². The molecule has 0 spiro atoms. The first-order valence-corrected chi connectivity index (χ1v) is 20.4. The summed E-state index contributed by atoms with van der Waals surface area (Å²) in [6.45, 7) is 0. The molecule has 0 fully saturated rings. The van der Waals surface area contributed by atoms with E-state index in [0.717, 1.165) is 0 Å². The minimum atomic E-state index is -0.573. The highest BCUT2D eigenvalue weighted by Gasteiger charge is 2.52. The first-order valence-electron chi connectivity index (χ1n) is 20.4. The van der Waals surface area contributed by atoms with Crippen molar-refractivity contribution < 1.29 is 0 Å². The van der Waals surface area contributed by atoms with Gasteiger partial charge >= 0.3 is 0 Å². The van der Waals surface area contributed by atoms with Crippen molar-refractivity contribution in [2.45, 2.75) is 10.8 Å². The lowest BCUT2D eigenvalue weighted by Crippen LogP contribution is -2.30. The lowest BCUT2D eigenvalue weighted by Gasteiger charge is -2.35. The van der Waals surface area contributed by atoms with E-state index >= 15 is 0 Å². The number of rotatable bonds is 4. The maximum atomic E-state index is 2.63. The van der Waals surface area contributed by atoms with Gasteiger partial charge in [0.2, 0.25) is 0 Å². The van der Waals surface area contributed by atoms with Gasteiger partial charge in [-0.25, -0.2) is 0 Å². The zero-order valence-electron chi connectivity index (χ0n) is 31.8. The van der Waals surface area contributed by atoms with Crippen molar-refractivity contribution in [2.75, 3.05) is 0 Å². The van der Waals surface area contributed by atoms with Gasteiger partial charge in [0, 0.05) is 0 Å². The minimum absolute atomic E-state index is 0.539. The quantitative estimate of drug-likeness (QED) is 0.169. The molecule has 0 atom stereocenters. The summed E-state index contributed by atoms with van der Waals surface area (Å²) in [5, 5.41) is 5.23. The fraction of sp³-hybridized carbons (Fsp3) is 0.0345. The standard InChI is InChI=1S/C58H36/c1-5-19-38(20-6-1)57(39-21-7-2-8-22-39)50-33-32-37-18-13-14-27-42(37)55(50)48-35-52-49(36-51(48)57)56-46-31-17-30-45-43-28-15-16-29-44(43)47(54(45)46)34-53(56)58(52,40-23-9-3-10-24-40)41-25-11-4-12-26-41/h1-36H. The third-order valence-electron chi connectivity index (χ3n) is 13.7. The molecule has 0 heteroatoms. The van der Waals surface area contributed by atoms with Gasteiger partial charge < -0.3 is 0 Å². The topological polar surface area (TPSA) is 0 Å². The predicted octanol–water partition coefficient (Wildman–Crippen LogP) is 14.4. The molecule has 10 aromatic rings. The van der Waals surface area contributed by atoms with Crippen molar-refractivity contribution in [1.82, 2.24) is 0 Å². The highest BCUT2D eigenvalue weighted by atomic mass is 14.5. The van der Waals surface area contributed by atoms with Crippen molar-refractivity contribution in [2.24, 2.45) is 0 Å². The molecule has 3 aliphatic rings. The zero-order valence-corrected chi connectivity index (χ0v) is 31.8. The van der Waals surface area contributed by atoms with Crippen LogP contribution in [0.5, 0.6) is 0 Å². The van der Waals surface area contributed by atoms with Crippen LogP contribution in [-0.4, -0.2) is 0 Å². The number of benzene rings is 10. The molecule has 0 unspecified atom stereocenters. The van der Waals surface area contributed by atoms with Gasteiger partial charge in [-0.05, 0) is 129 Å². The molecule has 0 saturated carbocycles. The van der Waals surface area contributed by atoms with E-state index in [9.17, 15) is 0 Å². The summed E-state index contributed by atoms with van der Waals surface area (Å²) in [5.74, 6) is 0. The van der Waals surface area contributed by atoms with E-state index in [-0.39, 0.29) is 0 Å². The molecule has 58 heavy (non-hydrogen) atoms. The maximum Gasteiger partial charge on any atom is 0.0714 e. The van der Waals surface area contributed by atoms with Crippen LogP contribution in [0.25, 0.3) is 66.1 Å². The zero-order chi connectivity index (χ0) is 38.0. The van der Waals surface area contributed by atoms with Gasteiger partial charge in [-0.15, -0.1) is 0 Å². The molecule has 0 aliphatic heterocycles. The monoisotopic (exact) mass is 732 g/mol. The Morgan fingerprint density at radius 3 is 1.22 bits per heavy atom. The van der Waals surface area contributed by atoms with Crippen molar-refractivity contribution in [3.63, 3.8) is 0 Å². The first kappa shape index (κ1) is 31.9. The third kappa shape index (κ3) is 3.85. The molecule has 0 aromatic heterocycles. The fourth-order valence-corrected chi connectivity index (χ4v) is 11.6. The number of hydrogen-bond donors (Lipinski definition) is 0. The van der Waals surface area contributed by atoms with Crippen molar-refractivity contribution in [3.05, 3.63) is 263 Å². The van der Waals surface area contributed by atoms with E-state index in [1.165, 1.54) is 111 Å². The second-order valence-electron chi connectivity index (χ2n) is 16.2. The SMILES string of the molecule is c1ccc(C2(c3ccccc3)c3cc4c(cc3-c3c2ccc2ccccc32)C(c2ccccc2)(c2ccccc2)c2cc3c5c(cccc5c2-4)-c2ccccc2-3)cc1. The molecule has 0 bridgehead atoms. The Labute approximate surface area is 338 Å². The lowest BCUT2D eigenvalue weighted by molar-refractivity contribution is 0.759. The number of hydrogen-bond acceptors (Lipinski definition) is 0. The molecular formula is C58H36. The van der Waals surface area contributed by atoms with E-state index in [0.29, 0.717) is 0 Å². The summed E-state index contributed by atoms with van der Waals surface area (Å²) in [7, 11) is 0. The average molecular weight is 733 g/mol.